The molecule has 10 saturated heterocycles. The van der Waals surface area contributed by atoms with E-state index in [1.54, 1.807) is 0 Å². The molecule has 0 radical (unpaired) electrons. The first-order valence-electron chi connectivity index (χ1n) is 8.43. The molecule has 0 bridgehead atoms. The molecule has 106 valence electrons. The zero-order chi connectivity index (χ0) is 12.7. The van der Waals surface area contributed by atoms with Gasteiger partial charge in [0, 0.05) is 0 Å². The first-order chi connectivity index (χ1) is 10.1. The third-order valence-corrected chi connectivity index (χ3v) is 61.7. The van der Waals surface area contributed by atoms with Gasteiger partial charge in [0.1, 0.15) is 0 Å². The van der Waals surface area contributed by atoms with Crippen LogP contribution in [0.2, 0.25) is 38.5 Å². The SMILES string of the molecule is c1csc([C]23[CH]4[CH]5[CH]6[CH]2[Fe]56432789[CH]3[CH]2[CH]7[C]8(c2cccs2)[CH]39)c1. The van der Waals surface area contributed by atoms with Crippen molar-refractivity contribution in [2.45, 2.75) is 47.2 Å². The van der Waals surface area contributed by atoms with Crippen molar-refractivity contribution >= 4 is 22.7 Å². The van der Waals surface area contributed by atoms with Gasteiger partial charge in [-0.25, -0.2) is 0 Å². The van der Waals surface area contributed by atoms with E-state index in [9.17, 15) is 0 Å². The molecule has 21 heavy (non-hydrogen) atoms. The van der Waals surface area contributed by atoms with Gasteiger partial charge in [0.25, 0.3) is 0 Å². The van der Waals surface area contributed by atoms with E-state index >= 15 is 0 Å². The summed E-state index contributed by atoms with van der Waals surface area (Å²) in [7, 11) is 0. The van der Waals surface area contributed by atoms with Gasteiger partial charge in [0.15, 0.2) is 0 Å². The fourth-order valence-corrected chi connectivity index (χ4v) is 100. The number of hydrogen-bond acceptors (Lipinski definition) is 2. The number of fused-ring (bicyclic) bond motifs is 10. The summed E-state index contributed by atoms with van der Waals surface area (Å²) in [5.41, 5.74) is 0. The van der Waals surface area contributed by atoms with Crippen LogP contribution in [0.4, 0.5) is 0 Å². The quantitative estimate of drug-likeness (QED) is 0.609. The first kappa shape index (κ1) is 8.15. The molecule has 0 N–H and O–H groups in total. The van der Waals surface area contributed by atoms with E-state index in [-0.39, 0.29) is 0 Å². The third kappa shape index (κ3) is 0.101. The van der Waals surface area contributed by atoms with Gasteiger partial charge >= 0.3 is 121 Å². The molecule has 0 nitrogen and oxygen atoms in total. The summed E-state index contributed by atoms with van der Waals surface area (Å²) in [4.78, 5) is 14.9. The average Bonchev–Trinajstić information content (AvgIpc) is 3.40. The second kappa shape index (κ2) is 0.791. The molecule has 3 heteroatoms. The van der Waals surface area contributed by atoms with Gasteiger partial charge in [0.05, 0.1) is 0 Å². The Kier molecular flexibility index (Phi) is 0.307. The first-order valence-corrected chi connectivity index (χ1v) is 16.4. The summed E-state index contributed by atoms with van der Waals surface area (Å²) >= 11 is 4.32. The van der Waals surface area contributed by atoms with E-state index < -0.39 is 6.51 Å². The van der Waals surface area contributed by atoms with Crippen molar-refractivity contribution in [2.75, 3.05) is 0 Å². The van der Waals surface area contributed by atoms with Crippen molar-refractivity contribution in [2.24, 2.45) is 0 Å². The fourth-order valence-electron chi connectivity index (χ4n) is 18.9. The third-order valence-electron chi connectivity index (χ3n) is 16.6. The minimum atomic E-state index is -3.22. The summed E-state index contributed by atoms with van der Waals surface area (Å²) in [5, 5.41) is 4.78. The molecule has 0 aromatic carbocycles. The van der Waals surface area contributed by atoms with Gasteiger partial charge in [-0.2, -0.15) is 0 Å². The predicted molar refractivity (Wildman–Crippen MR) is 82.0 cm³/mol. The van der Waals surface area contributed by atoms with Crippen LogP contribution >= 0.6 is 22.7 Å². The van der Waals surface area contributed by atoms with E-state index in [1.807, 2.05) is 9.75 Å². The van der Waals surface area contributed by atoms with Crippen molar-refractivity contribution in [3.63, 3.8) is 0 Å². The maximum absolute atomic E-state index is 3.22. The van der Waals surface area contributed by atoms with Crippen LogP contribution in [-0.4, -0.2) is 0 Å². The van der Waals surface area contributed by atoms with E-state index in [0.29, 0.717) is 0 Å². The molecule has 0 aliphatic carbocycles. The second-order valence-corrected chi connectivity index (χ2v) is 36.8. The molecular weight excluding hydrogens is 336 g/mol. The van der Waals surface area contributed by atoms with Crippen LogP contribution in [0.1, 0.15) is 9.75 Å². The molecule has 2 aromatic heterocycles. The molecule has 8 unspecified atom stereocenters. The molecule has 0 amide bonds. The van der Waals surface area contributed by atoms with Crippen LogP contribution in [0.15, 0.2) is 35.0 Å². The van der Waals surface area contributed by atoms with Crippen LogP contribution in [0.5, 0.6) is 0 Å². The van der Waals surface area contributed by atoms with Crippen molar-refractivity contribution in [3.8, 4) is 0 Å². The molecule has 8 atom stereocenters. The standard InChI is InChI=1S/2C9H7S.Fe/c2*1-2-5-8(4-1)9-6-3-7-10-9;/h2*1-7H;. The Bertz CT molecular complexity index is 1270. The molecule has 2 aromatic rings. The van der Waals surface area contributed by atoms with Gasteiger partial charge in [-0.15, -0.1) is 0 Å². The zero-order valence-electron chi connectivity index (χ0n) is 11.3. The van der Waals surface area contributed by atoms with Crippen LogP contribution in [-0.2, 0) is 15.1 Å². The second-order valence-electron chi connectivity index (χ2n) is 11.7. The van der Waals surface area contributed by atoms with E-state index in [0.717, 1.165) is 8.63 Å². The maximum atomic E-state index is 2.58. The minimum absolute atomic E-state index is 0.923. The Morgan fingerprint density at radius 3 is 1.43 bits per heavy atom. The van der Waals surface area contributed by atoms with Crippen LogP contribution in [0.25, 0.3) is 0 Å². The van der Waals surface area contributed by atoms with Crippen molar-refractivity contribution < 1.29 is 6.51 Å². The topological polar surface area (TPSA) is 0 Å². The van der Waals surface area contributed by atoms with E-state index in [4.69, 9.17) is 0 Å². The van der Waals surface area contributed by atoms with Crippen LogP contribution in [0.3, 0.4) is 0 Å². The fraction of sp³-hybridized carbons (Fsp3) is 0.556. The van der Waals surface area contributed by atoms with E-state index in [2.05, 4.69) is 57.7 Å². The van der Waals surface area contributed by atoms with Crippen LogP contribution < -0.4 is 0 Å². The Morgan fingerprint density at radius 1 is 0.714 bits per heavy atom. The summed E-state index contributed by atoms with van der Waals surface area (Å²) in [6.07, 6.45) is 0. The van der Waals surface area contributed by atoms with Crippen molar-refractivity contribution in [1.82, 2.24) is 0 Å². The van der Waals surface area contributed by atoms with Gasteiger partial charge in [0.2, 0.25) is 0 Å². The molecule has 12 rings (SSSR count). The Balaban J connectivity index is 1.51. The molecule has 0 saturated carbocycles. The number of thiophene rings is 2. The Hall–Kier alpha value is -0.0805. The number of rotatable bonds is 2. The molecule has 1 spiro atoms. The zero-order valence-corrected chi connectivity index (χ0v) is 14.0. The number of hydrogen-bond donors (Lipinski definition) is 0. The summed E-state index contributed by atoms with van der Waals surface area (Å²) in [6, 6.07) is 9.89. The van der Waals surface area contributed by atoms with Crippen LogP contribution in [0, 0.1) is 0 Å². The predicted octanol–water partition coefficient (Wildman–Crippen LogP) is 5.71. The monoisotopic (exact) mass is 350 g/mol. The molecular formula is C18H14FeS2. The molecule has 10 fully saturated rings. The van der Waals surface area contributed by atoms with Gasteiger partial charge < -0.3 is 0 Å². The van der Waals surface area contributed by atoms with E-state index in [1.165, 1.54) is 38.5 Å². The molecule has 10 aliphatic heterocycles. The molecule has 12 heterocycles. The Labute approximate surface area is 120 Å². The summed E-state index contributed by atoms with van der Waals surface area (Å²) in [6.45, 7) is -3.22. The van der Waals surface area contributed by atoms with Gasteiger partial charge in [-0.3, -0.25) is 0 Å². The summed E-state index contributed by atoms with van der Waals surface area (Å²) in [5.74, 6) is 0. The van der Waals surface area contributed by atoms with Crippen molar-refractivity contribution in [1.29, 1.82) is 0 Å². The van der Waals surface area contributed by atoms with Crippen molar-refractivity contribution in [3.05, 3.63) is 44.8 Å². The molecule has 10 aliphatic rings. The van der Waals surface area contributed by atoms with Gasteiger partial charge in [-0.1, -0.05) is 0 Å². The normalized spacial score (nSPS) is 102. The Morgan fingerprint density at radius 2 is 1.14 bits per heavy atom. The summed E-state index contributed by atoms with van der Waals surface area (Å²) < 4.78 is 1.85. The average molecular weight is 350 g/mol. The van der Waals surface area contributed by atoms with Gasteiger partial charge in [-0.05, 0) is 0 Å².